The number of halogens is 1. The number of ether oxygens (including phenoxy) is 1. The molecule has 5 rings (SSSR count). The second-order valence-electron chi connectivity index (χ2n) is 6.74. The summed E-state index contributed by atoms with van der Waals surface area (Å²) in [7, 11) is 0. The summed E-state index contributed by atoms with van der Waals surface area (Å²) in [6.45, 7) is 0. The van der Waals surface area contributed by atoms with Crippen LogP contribution < -0.4 is 10.1 Å². The van der Waals surface area contributed by atoms with E-state index >= 15 is 0 Å². The van der Waals surface area contributed by atoms with Crippen molar-refractivity contribution in [3.8, 4) is 28.1 Å². The minimum absolute atomic E-state index is 0.0410. The zero-order chi connectivity index (χ0) is 22.6. The largest absolute Gasteiger partial charge is 0.424 e. The fourth-order valence-electron chi connectivity index (χ4n) is 3.00. The van der Waals surface area contributed by atoms with Crippen LogP contribution in [0.4, 0.5) is 10.1 Å². The first-order valence-electron chi connectivity index (χ1n) is 9.79. The van der Waals surface area contributed by atoms with Crippen LogP contribution in [0, 0.1) is 5.82 Å². The number of aromatic nitrogens is 5. The Morgan fingerprint density at radius 1 is 1.00 bits per heavy atom. The van der Waals surface area contributed by atoms with E-state index in [4.69, 9.17) is 4.74 Å². The third-order valence-corrected chi connectivity index (χ3v) is 5.33. The van der Waals surface area contributed by atoms with Crippen molar-refractivity contribution < 1.29 is 13.9 Å². The summed E-state index contributed by atoms with van der Waals surface area (Å²) in [5.74, 6) is 0.0260. The van der Waals surface area contributed by atoms with Crippen LogP contribution in [0.1, 0.15) is 10.6 Å². The lowest BCUT2D eigenvalue weighted by molar-refractivity contribution is 0.101. The number of thiophene rings is 1. The Morgan fingerprint density at radius 2 is 1.82 bits per heavy atom. The number of nitrogens with zero attached hydrogens (tertiary/aromatic N) is 5. The zero-order valence-electron chi connectivity index (χ0n) is 16.9. The maximum atomic E-state index is 13.8. The molecule has 33 heavy (non-hydrogen) atoms. The molecule has 0 spiro atoms. The van der Waals surface area contributed by atoms with E-state index in [0.717, 1.165) is 4.88 Å². The highest BCUT2D eigenvalue weighted by Crippen LogP contribution is 2.26. The summed E-state index contributed by atoms with van der Waals surface area (Å²) in [6.07, 6.45) is 3.16. The number of amides is 1. The van der Waals surface area contributed by atoms with Crippen molar-refractivity contribution >= 4 is 22.9 Å². The molecule has 0 aliphatic carbocycles. The van der Waals surface area contributed by atoms with E-state index in [9.17, 15) is 9.18 Å². The number of carbonyl (C=O) groups excluding carboxylic acids is 1. The van der Waals surface area contributed by atoms with Crippen LogP contribution in [0.25, 0.3) is 16.4 Å². The van der Waals surface area contributed by atoms with Gasteiger partial charge >= 0.3 is 6.01 Å². The Kier molecular flexibility index (Phi) is 5.56. The van der Waals surface area contributed by atoms with E-state index in [1.165, 1.54) is 28.2 Å². The predicted molar refractivity (Wildman–Crippen MR) is 121 cm³/mol. The van der Waals surface area contributed by atoms with Crippen LogP contribution in [-0.4, -0.2) is 30.6 Å². The summed E-state index contributed by atoms with van der Waals surface area (Å²) in [5, 5.41) is 9.00. The first kappa shape index (κ1) is 20.5. The first-order chi connectivity index (χ1) is 16.2. The average molecular weight is 458 g/mol. The molecule has 1 amide bonds. The van der Waals surface area contributed by atoms with E-state index in [0.29, 0.717) is 22.9 Å². The lowest BCUT2D eigenvalue weighted by Crippen LogP contribution is -2.14. The summed E-state index contributed by atoms with van der Waals surface area (Å²) < 4.78 is 20.8. The van der Waals surface area contributed by atoms with Gasteiger partial charge in [-0.3, -0.25) is 4.79 Å². The van der Waals surface area contributed by atoms with Crippen molar-refractivity contribution in [1.29, 1.82) is 0 Å². The van der Waals surface area contributed by atoms with Crippen LogP contribution in [0.5, 0.6) is 11.8 Å². The summed E-state index contributed by atoms with van der Waals surface area (Å²) >= 11 is 1.45. The van der Waals surface area contributed by atoms with Crippen LogP contribution in [0.3, 0.4) is 0 Å². The van der Waals surface area contributed by atoms with Crippen LogP contribution in [-0.2, 0) is 0 Å². The molecule has 0 fully saturated rings. The van der Waals surface area contributed by atoms with Gasteiger partial charge in [-0.2, -0.15) is 0 Å². The molecule has 0 aliphatic rings. The van der Waals surface area contributed by atoms with Gasteiger partial charge in [-0.15, -0.1) is 16.4 Å². The second kappa shape index (κ2) is 8.97. The Bertz CT molecular complexity index is 1390. The van der Waals surface area contributed by atoms with Gasteiger partial charge in [0, 0.05) is 18.1 Å². The first-order valence-corrected chi connectivity index (χ1v) is 10.7. The Hall–Kier alpha value is -4.44. The molecule has 0 aliphatic heterocycles. The molecular formula is C23H15FN6O2S. The number of nitrogens with one attached hydrogen (secondary N) is 1. The van der Waals surface area contributed by atoms with Gasteiger partial charge in [-0.05, 0) is 60.0 Å². The lowest BCUT2D eigenvalue weighted by atomic mass is 10.3. The molecule has 162 valence electrons. The lowest BCUT2D eigenvalue weighted by Gasteiger charge is -2.05. The van der Waals surface area contributed by atoms with Crippen LogP contribution in [0.2, 0.25) is 0 Å². The normalized spacial score (nSPS) is 10.7. The van der Waals surface area contributed by atoms with Crippen molar-refractivity contribution in [2.24, 2.45) is 0 Å². The SMILES string of the molecule is O=C(Nc1ccc(Oc2ncccn2)cc1)c1nc(-c2cccs2)n(-c2cccc(F)c2)n1. The van der Waals surface area contributed by atoms with E-state index in [2.05, 4.69) is 25.4 Å². The summed E-state index contributed by atoms with van der Waals surface area (Å²) in [4.78, 5) is 26.1. The molecule has 0 radical (unpaired) electrons. The molecule has 1 N–H and O–H groups in total. The maximum Gasteiger partial charge on any atom is 0.321 e. The van der Waals surface area contributed by atoms with Gasteiger partial charge in [0.1, 0.15) is 11.6 Å². The number of hydrogen-bond acceptors (Lipinski definition) is 7. The quantitative estimate of drug-likeness (QED) is 0.386. The summed E-state index contributed by atoms with van der Waals surface area (Å²) in [5.41, 5.74) is 0.996. The Balaban J connectivity index is 1.38. The van der Waals surface area contributed by atoms with Crippen LogP contribution in [0.15, 0.2) is 84.5 Å². The number of rotatable bonds is 6. The molecular weight excluding hydrogens is 443 g/mol. The molecule has 8 nitrogen and oxygen atoms in total. The number of hydrogen-bond donors (Lipinski definition) is 1. The van der Waals surface area contributed by atoms with Gasteiger partial charge in [0.2, 0.25) is 5.82 Å². The number of carbonyl (C=O) groups is 1. The Labute approximate surface area is 191 Å². The van der Waals surface area contributed by atoms with Gasteiger partial charge in [-0.1, -0.05) is 12.1 Å². The van der Waals surface area contributed by atoms with Crippen LogP contribution >= 0.6 is 11.3 Å². The Morgan fingerprint density at radius 3 is 2.55 bits per heavy atom. The van der Waals surface area contributed by atoms with Gasteiger partial charge in [-0.25, -0.2) is 24.0 Å². The monoisotopic (exact) mass is 458 g/mol. The standard InChI is InChI=1S/C23H15FN6O2S/c24-15-4-1-5-17(14-15)30-21(19-6-2-13-33-19)28-20(29-30)22(31)27-16-7-9-18(10-8-16)32-23-25-11-3-12-26-23/h1-14H,(H,27,31). The fraction of sp³-hybridized carbons (Fsp3) is 0. The minimum Gasteiger partial charge on any atom is -0.424 e. The zero-order valence-corrected chi connectivity index (χ0v) is 17.7. The van der Waals surface area contributed by atoms with Crippen molar-refractivity contribution in [3.05, 3.63) is 96.1 Å². The third kappa shape index (κ3) is 4.60. The minimum atomic E-state index is -0.497. The van der Waals surface area contributed by atoms with E-state index in [1.807, 2.05) is 17.5 Å². The van der Waals surface area contributed by atoms with Crippen molar-refractivity contribution in [2.75, 3.05) is 5.32 Å². The smallest absolute Gasteiger partial charge is 0.321 e. The highest BCUT2D eigenvalue weighted by Gasteiger charge is 2.20. The van der Waals surface area contributed by atoms with Gasteiger partial charge in [0.15, 0.2) is 5.82 Å². The molecule has 0 bridgehead atoms. The number of anilines is 1. The van der Waals surface area contributed by atoms with E-state index < -0.39 is 11.7 Å². The van der Waals surface area contributed by atoms with E-state index in [-0.39, 0.29) is 11.8 Å². The molecule has 0 saturated carbocycles. The molecule has 0 unspecified atom stereocenters. The molecule has 3 heterocycles. The van der Waals surface area contributed by atoms with Gasteiger partial charge in [0.25, 0.3) is 5.91 Å². The molecule has 5 aromatic rings. The fourth-order valence-corrected chi connectivity index (χ4v) is 3.70. The van der Waals surface area contributed by atoms with Gasteiger partial charge in [0.05, 0.1) is 10.6 Å². The molecule has 2 aromatic carbocycles. The van der Waals surface area contributed by atoms with E-state index in [1.54, 1.807) is 54.9 Å². The van der Waals surface area contributed by atoms with Crippen molar-refractivity contribution in [2.45, 2.75) is 0 Å². The average Bonchev–Trinajstić information content (AvgIpc) is 3.51. The second-order valence-corrected chi connectivity index (χ2v) is 7.69. The molecule has 0 atom stereocenters. The highest BCUT2D eigenvalue weighted by atomic mass is 32.1. The molecule has 3 aromatic heterocycles. The predicted octanol–water partition coefficient (Wildman–Crippen LogP) is 4.97. The topological polar surface area (TPSA) is 94.8 Å². The van der Waals surface area contributed by atoms with Crippen molar-refractivity contribution in [3.63, 3.8) is 0 Å². The maximum absolute atomic E-state index is 13.8. The third-order valence-electron chi connectivity index (χ3n) is 4.47. The summed E-state index contributed by atoms with van der Waals surface area (Å²) in [6, 6.07) is 18.3. The van der Waals surface area contributed by atoms with Crippen molar-refractivity contribution in [1.82, 2.24) is 24.7 Å². The molecule has 0 saturated heterocycles. The highest BCUT2D eigenvalue weighted by molar-refractivity contribution is 7.13. The number of benzene rings is 2. The van der Waals surface area contributed by atoms with Gasteiger partial charge < -0.3 is 10.1 Å². The molecule has 10 heteroatoms.